The van der Waals surface area contributed by atoms with E-state index in [0.29, 0.717) is 10.1 Å². The van der Waals surface area contributed by atoms with E-state index in [-0.39, 0.29) is 11.6 Å². The zero-order chi connectivity index (χ0) is 12.5. The van der Waals surface area contributed by atoms with E-state index >= 15 is 0 Å². The zero-order valence-corrected chi connectivity index (χ0v) is 10.4. The molecule has 3 aromatic rings. The number of benzene rings is 1. The van der Waals surface area contributed by atoms with E-state index in [9.17, 15) is 4.39 Å². The van der Waals surface area contributed by atoms with Crippen LogP contribution in [0.3, 0.4) is 0 Å². The third kappa shape index (κ3) is 1.90. The minimum Gasteiger partial charge on any atom is -0.434 e. The van der Waals surface area contributed by atoms with Crippen molar-refractivity contribution in [2.24, 2.45) is 0 Å². The van der Waals surface area contributed by atoms with E-state index in [1.54, 1.807) is 6.07 Å². The van der Waals surface area contributed by atoms with Crippen LogP contribution in [0.5, 0.6) is 11.6 Å². The largest absolute Gasteiger partial charge is 0.434 e. The van der Waals surface area contributed by atoms with E-state index in [2.05, 4.69) is 36.4 Å². The fourth-order valence-corrected chi connectivity index (χ4v) is 1.73. The Morgan fingerprint density at radius 1 is 1.28 bits per heavy atom. The van der Waals surface area contributed by atoms with Crippen molar-refractivity contribution in [1.29, 1.82) is 0 Å². The summed E-state index contributed by atoms with van der Waals surface area (Å²) in [5.41, 5.74) is 0.419. The van der Waals surface area contributed by atoms with Crippen molar-refractivity contribution in [2.75, 3.05) is 0 Å². The molecule has 6 nitrogen and oxygen atoms in total. The van der Waals surface area contributed by atoms with Crippen LogP contribution in [-0.2, 0) is 0 Å². The van der Waals surface area contributed by atoms with Crippen LogP contribution >= 0.6 is 15.9 Å². The van der Waals surface area contributed by atoms with Gasteiger partial charge in [-0.2, -0.15) is 4.52 Å². The maximum atomic E-state index is 13.6. The number of tetrazole rings is 1. The monoisotopic (exact) mass is 309 g/mol. The SMILES string of the molecule is Fc1ccc(Br)cc1Oc1cncc2nnnn12. The van der Waals surface area contributed by atoms with Gasteiger partial charge in [0.05, 0.1) is 12.4 Å². The smallest absolute Gasteiger partial charge is 0.242 e. The molecule has 18 heavy (non-hydrogen) atoms. The Bertz CT molecular complexity index is 716. The average Bonchev–Trinajstić information content (AvgIpc) is 2.83. The zero-order valence-electron chi connectivity index (χ0n) is 8.79. The third-order valence-corrected chi connectivity index (χ3v) is 2.68. The van der Waals surface area contributed by atoms with Gasteiger partial charge in [0.1, 0.15) is 0 Å². The molecule has 1 aromatic carbocycles. The van der Waals surface area contributed by atoms with Crippen LogP contribution in [0.4, 0.5) is 4.39 Å². The summed E-state index contributed by atoms with van der Waals surface area (Å²) in [6.45, 7) is 0. The normalized spacial score (nSPS) is 10.8. The highest BCUT2D eigenvalue weighted by Gasteiger charge is 2.10. The minimum atomic E-state index is -0.483. The molecular formula is C10H5BrFN5O. The molecular weight excluding hydrogens is 305 g/mol. The lowest BCUT2D eigenvalue weighted by atomic mass is 10.3. The summed E-state index contributed by atoms with van der Waals surface area (Å²) in [6.07, 6.45) is 2.88. The Balaban J connectivity index is 2.06. The Labute approximate surface area is 109 Å². The van der Waals surface area contributed by atoms with E-state index in [0.717, 1.165) is 0 Å². The number of hydrogen-bond donors (Lipinski definition) is 0. The van der Waals surface area contributed by atoms with Crippen LogP contribution in [0.1, 0.15) is 0 Å². The molecule has 2 heterocycles. The van der Waals surface area contributed by atoms with Gasteiger partial charge >= 0.3 is 0 Å². The Morgan fingerprint density at radius 2 is 2.17 bits per heavy atom. The Hall–Kier alpha value is -2.09. The number of fused-ring (bicyclic) bond motifs is 1. The first-order chi connectivity index (χ1) is 8.74. The first-order valence-electron chi connectivity index (χ1n) is 4.89. The highest BCUT2D eigenvalue weighted by atomic mass is 79.9. The van der Waals surface area contributed by atoms with Gasteiger partial charge in [-0.1, -0.05) is 15.9 Å². The van der Waals surface area contributed by atoms with Gasteiger partial charge in [-0.05, 0) is 28.6 Å². The van der Waals surface area contributed by atoms with Gasteiger partial charge in [-0.25, -0.2) is 4.39 Å². The first-order valence-corrected chi connectivity index (χ1v) is 5.68. The lowest BCUT2D eigenvalue weighted by Gasteiger charge is -2.06. The van der Waals surface area contributed by atoms with Crippen LogP contribution in [-0.4, -0.2) is 25.0 Å². The number of hydrogen-bond acceptors (Lipinski definition) is 5. The molecule has 0 unspecified atom stereocenters. The van der Waals surface area contributed by atoms with Crippen molar-refractivity contribution in [3.8, 4) is 11.6 Å². The predicted octanol–water partition coefficient (Wildman–Crippen LogP) is 2.21. The van der Waals surface area contributed by atoms with Gasteiger partial charge in [-0.15, -0.1) is 5.10 Å². The fourth-order valence-electron chi connectivity index (χ4n) is 1.39. The minimum absolute atomic E-state index is 0.0641. The lowest BCUT2D eigenvalue weighted by molar-refractivity contribution is 0.412. The quantitative estimate of drug-likeness (QED) is 0.726. The molecule has 0 aliphatic carbocycles. The Kier molecular flexibility index (Phi) is 2.63. The molecule has 0 aliphatic rings. The summed E-state index contributed by atoms with van der Waals surface area (Å²) in [7, 11) is 0. The van der Waals surface area contributed by atoms with Gasteiger partial charge in [0.15, 0.2) is 11.6 Å². The second-order valence-electron chi connectivity index (χ2n) is 3.37. The second kappa shape index (κ2) is 4.30. The summed E-state index contributed by atoms with van der Waals surface area (Å²) in [6, 6.07) is 4.39. The maximum absolute atomic E-state index is 13.6. The van der Waals surface area contributed by atoms with Crippen LogP contribution in [0.2, 0.25) is 0 Å². The summed E-state index contributed by atoms with van der Waals surface area (Å²) in [4.78, 5) is 3.91. The van der Waals surface area contributed by atoms with Crippen LogP contribution in [0.15, 0.2) is 35.1 Å². The van der Waals surface area contributed by atoms with Crippen LogP contribution < -0.4 is 4.74 Å². The molecule has 0 spiro atoms. The molecule has 0 bridgehead atoms. The van der Waals surface area contributed by atoms with Gasteiger partial charge in [-0.3, -0.25) is 4.98 Å². The molecule has 0 radical (unpaired) electrons. The van der Waals surface area contributed by atoms with Crippen LogP contribution in [0.25, 0.3) is 5.65 Å². The van der Waals surface area contributed by atoms with Gasteiger partial charge < -0.3 is 4.74 Å². The highest BCUT2D eigenvalue weighted by Crippen LogP contribution is 2.26. The lowest BCUT2D eigenvalue weighted by Crippen LogP contribution is -1.98. The molecule has 0 N–H and O–H groups in total. The standard InChI is InChI=1S/C10H5BrFN5O/c11-6-1-2-7(12)8(3-6)18-10-5-13-4-9-14-15-16-17(9)10/h1-5H. The predicted molar refractivity (Wildman–Crippen MR) is 62.8 cm³/mol. The number of nitrogens with zero attached hydrogens (tertiary/aromatic N) is 5. The molecule has 3 rings (SSSR count). The number of ether oxygens (including phenoxy) is 1. The molecule has 90 valence electrons. The Morgan fingerprint density at radius 3 is 3.06 bits per heavy atom. The van der Waals surface area contributed by atoms with Crippen molar-refractivity contribution in [3.05, 3.63) is 40.9 Å². The summed E-state index contributed by atoms with van der Waals surface area (Å²) >= 11 is 3.24. The van der Waals surface area contributed by atoms with E-state index < -0.39 is 5.82 Å². The molecule has 8 heteroatoms. The second-order valence-corrected chi connectivity index (χ2v) is 4.29. The average molecular weight is 310 g/mol. The van der Waals surface area contributed by atoms with Gasteiger partial charge in [0.25, 0.3) is 0 Å². The summed E-state index contributed by atoms with van der Waals surface area (Å²) in [5.74, 6) is -0.188. The van der Waals surface area contributed by atoms with E-state index in [1.165, 1.54) is 29.0 Å². The molecule has 0 aliphatic heterocycles. The van der Waals surface area contributed by atoms with Gasteiger partial charge in [0, 0.05) is 4.47 Å². The van der Waals surface area contributed by atoms with Gasteiger partial charge in [0.2, 0.25) is 11.5 Å². The number of aromatic nitrogens is 5. The molecule has 0 amide bonds. The fraction of sp³-hybridized carbons (Fsp3) is 0. The molecule has 0 saturated heterocycles. The van der Waals surface area contributed by atoms with Crippen molar-refractivity contribution in [1.82, 2.24) is 25.0 Å². The maximum Gasteiger partial charge on any atom is 0.242 e. The van der Waals surface area contributed by atoms with E-state index in [4.69, 9.17) is 4.74 Å². The topological polar surface area (TPSA) is 65.2 Å². The molecule has 2 aromatic heterocycles. The number of halogens is 2. The molecule has 0 fully saturated rings. The summed E-state index contributed by atoms with van der Waals surface area (Å²) < 4.78 is 21.0. The van der Waals surface area contributed by atoms with Crippen molar-refractivity contribution >= 4 is 21.6 Å². The van der Waals surface area contributed by atoms with Crippen molar-refractivity contribution < 1.29 is 9.13 Å². The first kappa shape index (κ1) is 11.0. The van der Waals surface area contributed by atoms with Crippen molar-refractivity contribution in [3.63, 3.8) is 0 Å². The molecule has 0 atom stereocenters. The molecule has 0 saturated carbocycles. The highest BCUT2D eigenvalue weighted by molar-refractivity contribution is 9.10. The van der Waals surface area contributed by atoms with E-state index in [1.807, 2.05) is 0 Å². The third-order valence-electron chi connectivity index (χ3n) is 2.19. The number of rotatable bonds is 2. The van der Waals surface area contributed by atoms with Crippen LogP contribution in [0, 0.1) is 5.82 Å². The summed E-state index contributed by atoms with van der Waals surface area (Å²) in [5, 5.41) is 10.9. The van der Waals surface area contributed by atoms with Crippen molar-refractivity contribution in [2.45, 2.75) is 0 Å².